The van der Waals surface area contributed by atoms with Gasteiger partial charge in [-0.2, -0.15) is 0 Å². The van der Waals surface area contributed by atoms with E-state index in [2.05, 4.69) is 0 Å². The van der Waals surface area contributed by atoms with Crippen LogP contribution in [0.15, 0.2) is 53.5 Å². The molecule has 1 aromatic heterocycles. The first-order valence-corrected chi connectivity index (χ1v) is 8.69. The minimum Gasteiger partial charge on any atom is -0.338 e. The maximum Gasteiger partial charge on any atom is 0.254 e. The van der Waals surface area contributed by atoms with Crippen LogP contribution in [0.1, 0.15) is 40.5 Å². The van der Waals surface area contributed by atoms with Gasteiger partial charge >= 0.3 is 0 Å². The van der Waals surface area contributed by atoms with Gasteiger partial charge in [0, 0.05) is 48.9 Å². The summed E-state index contributed by atoms with van der Waals surface area (Å²) in [5, 5.41) is 0. The Kier molecular flexibility index (Phi) is 5.12. The van der Waals surface area contributed by atoms with Gasteiger partial charge in [0.15, 0.2) is 5.78 Å². The summed E-state index contributed by atoms with van der Waals surface area (Å²) >= 11 is 0. The molecule has 2 heterocycles. The van der Waals surface area contributed by atoms with Crippen molar-refractivity contribution in [3.63, 3.8) is 0 Å². The molecule has 5 heteroatoms. The molecule has 3 rings (SSSR count). The monoisotopic (exact) mass is 338 g/mol. The van der Waals surface area contributed by atoms with Crippen molar-refractivity contribution in [3.05, 3.63) is 70.1 Å². The molecule has 0 saturated carbocycles. The average Bonchev–Trinajstić information content (AvgIpc) is 2.67. The number of Topliss-reactive ketones (excluding diaryl/α,β-unsaturated/α-hetero) is 1. The van der Waals surface area contributed by atoms with Gasteiger partial charge in [-0.15, -0.1) is 0 Å². The lowest BCUT2D eigenvalue weighted by Gasteiger charge is -2.32. The molecule has 1 aliphatic heterocycles. The number of aryl methyl sites for hydroxylation is 1. The normalized spacial score (nSPS) is 17.3. The number of hydrogen-bond donors (Lipinski definition) is 0. The predicted molar refractivity (Wildman–Crippen MR) is 95.8 cm³/mol. The minimum atomic E-state index is -0.184. The number of rotatable bonds is 4. The summed E-state index contributed by atoms with van der Waals surface area (Å²) in [6.07, 6.45) is 3.22. The number of amides is 1. The smallest absolute Gasteiger partial charge is 0.254 e. The standard InChI is InChI=1S/C20H22N2O3/c1-2-21-12-10-16(13-18(21)23)20(25)22-11-6-9-17(14-22)19(24)15-7-4-3-5-8-15/h3-5,7-8,10,12-13,17H,2,6,9,11,14H2,1H3. The van der Waals surface area contributed by atoms with E-state index in [1.807, 2.05) is 37.3 Å². The quantitative estimate of drug-likeness (QED) is 0.805. The Morgan fingerprint density at radius 2 is 1.88 bits per heavy atom. The van der Waals surface area contributed by atoms with Crippen molar-refractivity contribution in [1.29, 1.82) is 0 Å². The number of aromatic nitrogens is 1. The molecular weight excluding hydrogens is 316 g/mol. The second-order valence-electron chi connectivity index (χ2n) is 6.36. The van der Waals surface area contributed by atoms with E-state index in [1.165, 1.54) is 6.07 Å². The van der Waals surface area contributed by atoms with Gasteiger partial charge in [-0.3, -0.25) is 14.4 Å². The van der Waals surface area contributed by atoms with Crippen LogP contribution in [0.2, 0.25) is 0 Å². The molecule has 1 aliphatic rings. The van der Waals surface area contributed by atoms with Crippen LogP contribution < -0.4 is 5.56 Å². The van der Waals surface area contributed by atoms with E-state index in [1.54, 1.807) is 21.7 Å². The van der Waals surface area contributed by atoms with E-state index < -0.39 is 0 Å². The molecule has 0 N–H and O–H groups in total. The van der Waals surface area contributed by atoms with Crippen LogP contribution in [0.25, 0.3) is 0 Å². The largest absolute Gasteiger partial charge is 0.338 e. The number of pyridine rings is 1. The highest BCUT2D eigenvalue weighted by atomic mass is 16.2. The van der Waals surface area contributed by atoms with E-state index in [-0.39, 0.29) is 23.2 Å². The van der Waals surface area contributed by atoms with Gasteiger partial charge in [0.1, 0.15) is 0 Å². The van der Waals surface area contributed by atoms with Crippen molar-refractivity contribution in [2.75, 3.05) is 13.1 Å². The third-order valence-corrected chi connectivity index (χ3v) is 4.72. The van der Waals surface area contributed by atoms with Gasteiger partial charge in [-0.1, -0.05) is 30.3 Å². The van der Waals surface area contributed by atoms with Crippen molar-refractivity contribution in [2.24, 2.45) is 5.92 Å². The fourth-order valence-corrected chi connectivity index (χ4v) is 3.30. The van der Waals surface area contributed by atoms with Crippen LogP contribution in [0.4, 0.5) is 0 Å². The molecule has 5 nitrogen and oxygen atoms in total. The van der Waals surface area contributed by atoms with E-state index in [9.17, 15) is 14.4 Å². The highest BCUT2D eigenvalue weighted by Gasteiger charge is 2.29. The molecule has 0 spiro atoms. The molecule has 25 heavy (non-hydrogen) atoms. The zero-order chi connectivity index (χ0) is 17.8. The number of benzene rings is 1. The van der Waals surface area contributed by atoms with E-state index in [0.717, 1.165) is 12.8 Å². The maximum absolute atomic E-state index is 12.7. The molecule has 1 unspecified atom stereocenters. The number of hydrogen-bond acceptors (Lipinski definition) is 3. The Hall–Kier alpha value is -2.69. The molecule has 0 aliphatic carbocycles. The highest BCUT2D eigenvalue weighted by Crippen LogP contribution is 2.22. The Morgan fingerprint density at radius 3 is 2.56 bits per heavy atom. The lowest BCUT2D eigenvalue weighted by atomic mass is 9.90. The number of carbonyl (C=O) groups excluding carboxylic acids is 2. The second kappa shape index (κ2) is 7.47. The van der Waals surface area contributed by atoms with Crippen LogP contribution >= 0.6 is 0 Å². The first kappa shape index (κ1) is 17.1. The van der Waals surface area contributed by atoms with Crippen LogP contribution in [-0.2, 0) is 6.54 Å². The van der Waals surface area contributed by atoms with Crippen molar-refractivity contribution in [1.82, 2.24) is 9.47 Å². The molecular formula is C20H22N2O3. The number of likely N-dealkylation sites (tertiary alicyclic amines) is 1. The summed E-state index contributed by atoms with van der Waals surface area (Å²) in [4.78, 5) is 39.0. The van der Waals surface area contributed by atoms with Gasteiger partial charge < -0.3 is 9.47 Å². The summed E-state index contributed by atoms with van der Waals surface area (Å²) in [5.74, 6) is -0.276. The van der Waals surface area contributed by atoms with Gasteiger partial charge in [0.2, 0.25) is 0 Å². The number of ketones is 1. The molecule has 2 aromatic rings. The van der Waals surface area contributed by atoms with Crippen molar-refractivity contribution < 1.29 is 9.59 Å². The first-order chi connectivity index (χ1) is 12.1. The third kappa shape index (κ3) is 3.71. The van der Waals surface area contributed by atoms with Crippen LogP contribution in [0.5, 0.6) is 0 Å². The predicted octanol–water partition coefficient (Wildman–Crippen LogP) is 2.60. The van der Waals surface area contributed by atoms with Crippen LogP contribution in [0, 0.1) is 5.92 Å². The molecule has 1 aromatic carbocycles. The Bertz CT molecular complexity index is 826. The zero-order valence-electron chi connectivity index (χ0n) is 14.4. The lowest BCUT2D eigenvalue weighted by Crippen LogP contribution is -2.42. The summed E-state index contributed by atoms with van der Waals surface area (Å²) in [6.45, 7) is 3.48. The van der Waals surface area contributed by atoms with Crippen molar-refractivity contribution in [2.45, 2.75) is 26.3 Å². The Balaban J connectivity index is 1.75. The summed E-state index contributed by atoms with van der Waals surface area (Å²) in [5.41, 5.74) is 0.900. The third-order valence-electron chi connectivity index (χ3n) is 4.72. The average molecular weight is 338 g/mol. The molecule has 130 valence electrons. The van der Waals surface area contributed by atoms with Crippen LogP contribution in [-0.4, -0.2) is 34.2 Å². The molecule has 1 fully saturated rings. The van der Waals surface area contributed by atoms with E-state index >= 15 is 0 Å². The summed E-state index contributed by atoms with van der Waals surface area (Å²) in [6, 6.07) is 12.3. The van der Waals surface area contributed by atoms with Gasteiger partial charge in [0.25, 0.3) is 11.5 Å². The highest BCUT2D eigenvalue weighted by molar-refractivity contribution is 5.99. The van der Waals surface area contributed by atoms with E-state index in [0.29, 0.717) is 30.8 Å². The molecule has 1 saturated heterocycles. The Labute approximate surface area is 146 Å². The topological polar surface area (TPSA) is 59.4 Å². The SMILES string of the molecule is CCn1ccc(C(=O)N2CCCC(C(=O)c3ccccc3)C2)cc1=O. The maximum atomic E-state index is 12.7. The Morgan fingerprint density at radius 1 is 1.12 bits per heavy atom. The molecule has 0 bridgehead atoms. The fraction of sp³-hybridized carbons (Fsp3) is 0.350. The van der Waals surface area contributed by atoms with Crippen molar-refractivity contribution >= 4 is 11.7 Å². The molecule has 0 radical (unpaired) electrons. The zero-order valence-corrected chi connectivity index (χ0v) is 14.4. The lowest BCUT2D eigenvalue weighted by molar-refractivity contribution is 0.0636. The minimum absolute atomic E-state index is 0.0829. The molecule has 1 atom stereocenters. The summed E-state index contributed by atoms with van der Waals surface area (Å²) < 4.78 is 1.55. The summed E-state index contributed by atoms with van der Waals surface area (Å²) in [7, 11) is 0. The van der Waals surface area contributed by atoms with Gasteiger partial charge in [0.05, 0.1) is 0 Å². The van der Waals surface area contributed by atoms with Gasteiger partial charge in [-0.25, -0.2) is 0 Å². The number of piperidine rings is 1. The molecule has 1 amide bonds. The number of carbonyl (C=O) groups is 2. The number of nitrogens with zero attached hydrogens (tertiary/aromatic N) is 2. The second-order valence-corrected chi connectivity index (χ2v) is 6.36. The van der Waals surface area contributed by atoms with Crippen LogP contribution in [0.3, 0.4) is 0 Å². The van der Waals surface area contributed by atoms with Crippen molar-refractivity contribution in [3.8, 4) is 0 Å². The van der Waals surface area contributed by atoms with E-state index in [4.69, 9.17) is 0 Å². The fourth-order valence-electron chi connectivity index (χ4n) is 3.30. The first-order valence-electron chi connectivity index (χ1n) is 8.69. The van der Waals surface area contributed by atoms with Gasteiger partial charge in [-0.05, 0) is 25.8 Å².